The van der Waals surface area contributed by atoms with E-state index in [-0.39, 0.29) is 0 Å². The summed E-state index contributed by atoms with van der Waals surface area (Å²) >= 11 is 3.56. The van der Waals surface area contributed by atoms with Crippen molar-refractivity contribution < 1.29 is 5.11 Å². The number of hydrogen-bond acceptors (Lipinski definition) is 1. The monoisotopic (exact) mass is 240 g/mol. The molecule has 2 heteroatoms. The van der Waals surface area contributed by atoms with E-state index in [0.717, 1.165) is 19.3 Å². The van der Waals surface area contributed by atoms with E-state index in [0.29, 0.717) is 12.5 Å². The molecule has 0 saturated heterocycles. The fourth-order valence-corrected chi connectivity index (χ4v) is 2.60. The van der Waals surface area contributed by atoms with Crippen LogP contribution in [-0.2, 0) is 12.8 Å². The summed E-state index contributed by atoms with van der Waals surface area (Å²) in [5.41, 5.74) is 2.84. The molecule has 0 heterocycles. The highest BCUT2D eigenvalue weighted by Crippen LogP contribution is 2.30. The number of fused-ring (bicyclic) bond motifs is 1. The predicted octanol–water partition coefficient (Wildman–Crippen LogP) is 2.55. The third-order valence-electron chi connectivity index (χ3n) is 2.79. The second-order valence-corrected chi connectivity index (χ2v) is 4.52. The van der Waals surface area contributed by atoms with Crippen LogP contribution in [0.25, 0.3) is 0 Å². The summed E-state index contributed by atoms with van der Waals surface area (Å²) in [5.74, 6) is 0.474. The van der Waals surface area contributed by atoms with Crippen LogP contribution in [0.3, 0.4) is 0 Å². The number of aliphatic hydroxyl groups excluding tert-OH is 1. The minimum atomic E-state index is 0.325. The maximum absolute atomic E-state index is 9.07. The Morgan fingerprint density at radius 2 is 2.31 bits per heavy atom. The van der Waals surface area contributed by atoms with Gasteiger partial charge in [0, 0.05) is 11.1 Å². The van der Waals surface area contributed by atoms with Crippen molar-refractivity contribution in [1.82, 2.24) is 0 Å². The van der Waals surface area contributed by atoms with Gasteiger partial charge in [0.25, 0.3) is 0 Å². The maximum Gasteiger partial charge on any atom is 0.0462 e. The Balaban J connectivity index is 2.31. The van der Waals surface area contributed by atoms with Crippen LogP contribution in [0.1, 0.15) is 17.5 Å². The van der Waals surface area contributed by atoms with Gasteiger partial charge in [0.2, 0.25) is 0 Å². The lowest BCUT2D eigenvalue weighted by molar-refractivity contribution is 0.213. The zero-order valence-corrected chi connectivity index (χ0v) is 9.05. The lowest BCUT2D eigenvalue weighted by Gasteiger charge is -2.23. The van der Waals surface area contributed by atoms with Gasteiger partial charge in [0.15, 0.2) is 0 Å². The molecule has 0 saturated carbocycles. The van der Waals surface area contributed by atoms with Gasteiger partial charge >= 0.3 is 0 Å². The maximum atomic E-state index is 9.07. The predicted molar refractivity (Wildman–Crippen MR) is 56.7 cm³/mol. The smallest absolute Gasteiger partial charge is 0.0462 e. The van der Waals surface area contributed by atoms with Crippen LogP contribution >= 0.6 is 15.9 Å². The van der Waals surface area contributed by atoms with Crippen LogP contribution in [-0.4, -0.2) is 11.7 Å². The molecule has 1 aromatic carbocycles. The Hall–Kier alpha value is -0.340. The average Bonchev–Trinajstić information content (AvgIpc) is 2.18. The molecule has 70 valence electrons. The van der Waals surface area contributed by atoms with Crippen molar-refractivity contribution in [1.29, 1.82) is 0 Å². The summed E-state index contributed by atoms with van der Waals surface area (Å²) in [6.45, 7) is 0.325. The van der Waals surface area contributed by atoms with Gasteiger partial charge in [-0.25, -0.2) is 0 Å². The molecule has 0 aromatic heterocycles. The van der Waals surface area contributed by atoms with Gasteiger partial charge in [-0.3, -0.25) is 0 Å². The van der Waals surface area contributed by atoms with Gasteiger partial charge in [0.05, 0.1) is 0 Å². The van der Waals surface area contributed by atoms with E-state index in [1.165, 1.54) is 15.6 Å². The number of benzene rings is 1. The van der Waals surface area contributed by atoms with Gasteiger partial charge in [-0.15, -0.1) is 0 Å². The molecule has 1 aliphatic rings. The summed E-state index contributed by atoms with van der Waals surface area (Å²) in [7, 11) is 0. The first-order valence-corrected chi connectivity index (χ1v) is 5.47. The van der Waals surface area contributed by atoms with Crippen molar-refractivity contribution in [3.05, 3.63) is 33.8 Å². The lowest BCUT2D eigenvalue weighted by Crippen LogP contribution is -2.17. The van der Waals surface area contributed by atoms with Crippen LogP contribution in [0.15, 0.2) is 22.7 Å². The molecule has 2 rings (SSSR count). The van der Waals surface area contributed by atoms with Crippen molar-refractivity contribution in [2.75, 3.05) is 6.61 Å². The quantitative estimate of drug-likeness (QED) is 0.801. The van der Waals surface area contributed by atoms with E-state index < -0.39 is 0 Å². The van der Waals surface area contributed by atoms with E-state index in [1.54, 1.807) is 0 Å². The minimum absolute atomic E-state index is 0.325. The first-order valence-electron chi connectivity index (χ1n) is 4.68. The van der Waals surface area contributed by atoms with Gasteiger partial charge < -0.3 is 5.11 Å². The molecule has 1 atom stereocenters. The van der Waals surface area contributed by atoms with Crippen LogP contribution in [0.2, 0.25) is 0 Å². The second-order valence-electron chi connectivity index (χ2n) is 3.67. The standard InChI is InChI=1S/C11H13BrO/c12-11-3-1-2-9-6-8(7-13)4-5-10(9)11/h1-3,8,13H,4-7H2. The van der Waals surface area contributed by atoms with Crippen molar-refractivity contribution in [3.63, 3.8) is 0 Å². The second kappa shape index (κ2) is 3.81. The van der Waals surface area contributed by atoms with Crippen molar-refractivity contribution >= 4 is 15.9 Å². The fourth-order valence-electron chi connectivity index (χ4n) is 1.99. The number of aliphatic hydroxyl groups is 1. The van der Waals surface area contributed by atoms with Crippen LogP contribution in [0.4, 0.5) is 0 Å². The summed E-state index contributed by atoms with van der Waals surface area (Å²) in [6.07, 6.45) is 3.25. The molecule has 1 nitrogen and oxygen atoms in total. The first-order chi connectivity index (χ1) is 6.31. The van der Waals surface area contributed by atoms with Gasteiger partial charge in [-0.2, -0.15) is 0 Å². The SMILES string of the molecule is OCC1CCc2c(Br)cccc2C1. The average molecular weight is 241 g/mol. The van der Waals surface area contributed by atoms with Gasteiger partial charge in [-0.1, -0.05) is 28.1 Å². The Kier molecular flexibility index (Phi) is 2.70. The molecule has 0 aliphatic heterocycles. The summed E-state index contributed by atoms with van der Waals surface area (Å²) in [5, 5.41) is 9.07. The molecule has 13 heavy (non-hydrogen) atoms. The third-order valence-corrected chi connectivity index (χ3v) is 3.53. The highest BCUT2D eigenvalue weighted by molar-refractivity contribution is 9.10. The largest absolute Gasteiger partial charge is 0.396 e. The zero-order valence-electron chi connectivity index (χ0n) is 7.46. The van der Waals surface area contributed by atoms with Crippen molar-refractivity contribution in [3.8, 4) is 0 Å². The highest BCUT2D eigenvalue weighted by Gasteiger charge is 2.18. The Morgan fingerprint density at radius 1 is 1.46 bits per heavy atom. The normalized spacial score (nSPS) is 21.2. The fraction of sp³-hybridized carbons (Fsp3) is 0.455. The van der Waals surface area contributed by atoms with Crippen molar-refractivity contribution in [2.45, 2.75) is 19.3 Å². The number of rotatable bonds is 1. The summed E-state index contributed by atoms with van der Waals surface area (Å²) in [4.78, 5) is 0. The molecular formula is C11H13BrO. The lowest BCUT2D eigenvalue weighted by atomic mass is 9.84. The van der Waals surface area contributed by atoms with E-state index in [4.69, 9.17) is 5.11 Å². The van der Waals surface area contributed by atoms with E-state index in [9.17, 15) is 0 Å². The molecule has 1 unspecified atom stereocenters. The number of halogens is 1. The molecule has 0 amide bonds. The molecular weight excluding hydrogens is 228 g/mol. The Labute approximate surface area is 86.9 Å². The summed E-state index contributed by atoms with van der Waals surface area (Å²) < 4.78 is 1.22. The van der Waals surface area contributed by atoms with Crippen LogP contribution in [0.5, 0.6) is 0 Å². The van der Waals surface area contributed by atoms with E-state index in [2.05, 4.69) is 34.1 Å². The Bertz CT molecular complexity index is 309. The molecule has 1 aliphatic carbocycles. The van der Waals surface area contributed by atoms with Gasteiger partial charge in [-0.05, 0) is 42.4 Å². The molecule has 1 aromatic rings. The minimum Gasteiger partial charge on any atom is -0.396 e. The third kappa shape index (κ3) is 1.79. The van der Waals surface area contributed by atoms with Crippen LogP contribution < -0.4 is 0 Å². The van der Waals surface area contributed by atoms with E-state index in [1.807, 2.05) is 0 Å². The molecule has 0 radical (unpaired) electrons. The zero-order chi connectivity index (χ0) is 9.26. The topological polar surface area (TPSA) is 20.2 Å². The first kappa shape index (κ1) is 9.22. The molecule has 0 spiro atoms. The Morgan fingerprint density at radius 3 is 3.08 bits per heavy atom. The van der Waals surface area contributed by atoms with Crippen molar-refractivity contribution in [2.24, 2.45) is 5.92 Å². The highest BCUT2D eigenvalue weighted by atomic mass is 79.9. The molecule has 1 N–H and O–H groups in total. The van der Waals surface area contributed by atoms with E-state index >= 15 is 0 Å². The summed E-state index contributed by atoms with van der Waals surface area (Å²) in [6, 6.07) is 6.34. The van der Waals surface area contributed by atoms with Gasteiger partial charge in [0.1, 0.15) is 0 Å². The molecule has 0 fully saturated rings. The number of hydrogen-bond donors (Lipinski definition) is 1. The van der Waals surface area contributed by atoms with Crippen LogP contribution in [0, 0.1) is 5.92 Å². The molecule has 0 bridgehead atoms.